The Bertz CT molecular complexity index is 619. The standard InChI is InChI=1S/C18H27N2O5P/c1-13(15(19)10-9-14-6-3-2-4-7-14)25-26(23)12-17(21)24-18(22)16-8-5-11-20-16/h2-4,6-7,13,15-16,20,26H,5,8-12,19H2,1H3/t13?,15?,16-/m0/s1. The number of aryl methyl sites for hydroxylation is 1. The van der Waals surface area contributed by atoms with E-state index in [2.05, 4.69) is 5.32 Å². The van der Waals surface area contributed by atoms with Crippen molar-refractivity contribution in [3.8, 4) is 0 Å². The van der Waals surface area contributed by atoms with Gasteiger partial charge in [-0.1, -0.05) is 30.3 Å². The van der Waals surface area contributed by atoms with Crippen molar-refractivity contribution in [3.05, 3.63) is 35.9 Å². The van der Waals surface area contributed by atoms with E-state index in [1.807, 2.05) is 30.3 Å². The lowest BCUT2D eigenvalue weighted by molar-refractivity contribution is -0.159. The Labute approximate surface area is 154 Å². The molecule has 3 N–H and O–H groups in total. The zero-order chi connectivity index (χ0) is 18.9. The number of carbonyl (C=O) groups is 2. The van der Waals surface area contributed by atoms with Gasteiger partial charge in [0.25, 0.3) is 0 Å². The lowest BCUT2D eigenvalue weighted by Gasteiger charge is -2.20. The van der Waals surface area contributed by atoms with E-state index in [1.165, 1.54) is 5.56 Å². The zero-order valence-corrected chi connectivity index (χ0v) is 16.0. The molecule has 0 saturated carbocycles. The van der Waals surface area contributed by atoms with Gasteiger partial charge in [-0.2, -0.15) is 0 Å². The van der Waals surface area contributed by atoms with Gasteiger partial charge < -0.3 is 20.3 Å². The van der Waals surface area contributed by atoms with Crippen LogP contribution in [-0.2, 0) is 29.8 Å². The summed E-state index contributed by atoms with van der Waals surface area (Å²) in [5, 5.41) is 2.95. The lowest BCUT2D eigenvalue weighted by atomic mass is 10.0. The first-order valence-electron chi connectivity index (χ1n) is 8.92. The van der Waals surface area contributed by atoms with E-state index in [9.17, 15) is 14.2 Å². The summed E-state index contributed by atoms with van der Waals surface area (Å²) < 4.78 is 22.1. The molecule has 0 bridgehead atoms. The molecule has 1 aromatic rings. The van der Waals surface area contributed by atoms with Crippen LogP contribution in [0.1, 0.15) is 31.7 Å². The van der Waals surface area contributed by atoms with Gasteiger partial charge in [0.2, 0.25) is 8.03 Å². The Balaban J connectivity index is 1.68. The van der Waals surface area contributed by atoms with Crippen molar-refractivity contribution in [1.29, 1.82) is 0 Å². The smallest absolute Gasteiger partial charge is 0.330 e. The average molecular weight is 382 g/mol. The van der Waals surface area contributed by atoms with Gasteiger partial charge in [0, 0.05) is 6.04 Å². The molecule has 26 heavy (non-hydrogen) atoms. The van der Waals surface area contributed by atoms with E-state index >= 15 is 0 Å². The number of carbonyl (C=O) groups excluding carboxylic acids is 2. The minimum absolute atomic E-state index is 0.301. The van der Waals surface area contributed by atoms with Gasteiger partial charge in [-0.15, -0.1) is 0 Å². The highest BCUT2D eigenvalue weighted by Gasteiger charge is 2.26. The first-order chi connectivity index (χ1) is 12.5. The van der Waals surface area contributed by atoms with E-state index < -0.39 is 38.3 Å². The fourth-order valence-corrected chi connectivity index (χ4v) is 3.75. The Kier molecular flexibility index (Phi) is 8.45. The highest BCUT2D eigenvalue weighted by molar-refractivity contribution is 7.40. The summed E-state index contributed by atoms with van der Waals surface area (Å²) in [5.74, 6) is -1.44. The fourth-order valence-electron chi connectivity index (χ4n) is 2.77. The maximum atomic E-state index is 12.0. The van der Waals surface area contributed by atoms with Gasteiger partial charge in [0.05, 0.1) is 6.10 Å². The van der Waals surface area contributed by atoms with Crippen molar-refractivity contribution >= 4 is 20.0 Å². The van der Waals surface area contributed by atoms with Crippen LogP contribution in [0.15, 0.2) is 30.3 Å². The maximum absolute atomic E-state index is 12.0. The largest absolute Gasteiger partial charge is 0.392 e. The van der Waals surface area contributed by atoms with Crippen molar-refractivity contribution in [2.75, 3.05) is 12.7 Å². The molecular formula is C18H27N2O5P. The molecule has 0 amide bonds. The number of nitrogens with two attached hydrogens (primary N) is 1. The van der Waals surface area contributed by atoms with Gasteiger partial charge in [0.15, 0.2) is 0 Å². The molecule has 0 radical (unpaired) electrons. The normalized spacial score (nSPS) is 20.3. The molecule has 8 heteroatoms. The molecule has 1 aliphatic heterocycles. The molecule has 1 saturated heterocycles. The predicted octanol–water partition coefficient (Wildman–Crippen LogP) is 1.65. The summed E-state index contributed by atoms with van der Waals surface area (Å²) in [5.41, 5.74) is 7.25. The summed E-state index contributed by atoms with van der Waals surface area (Å²) in [7, 11) is -2.66. The number of benzene rings is 1. The van der Waals surface area contributed by atoms with E-state index in [0.717, 1.165) is 19.4 Å². The topological polar surface area (TPSA) is 108 Å². The van der Waals surface area contributed by atoms with Crippen LogP contribution in [0, 0.1) is 0 Å². The molecular weight excluding hydrogens is 355 g/mol. The summed E-state index contributed by atoms with van der Waals surface area (Å²) >= 11 is 0. The summed E-state index contributed by atoms with van der Waals surface area (Å²) in [6.07, 6.45) is 2.11. The highest BCUT2D eigenvalue weighted by Crippen LogP contribution is 2.26. The Hall–Kier alpha value is -1.53. The Morgan fingerprint density at radius 2 is 2.08 bits per heavy atom. The van der Waals surface area contributed by atoms with Crippen LogP contribution in [0.5, 0.6) is 0 Å². The maximum Gasteiger partial charge on any atom is 0.330 e. The van der Waals surface area contributed by atoms with Crippen LogP contribution in [0.4, 0.5) is 0 Å². The molecule has 0 spiro atoms. The molecule has 0 aromatic heterocycles. The van der Waals surface area contributed by atoms with Crippen LogP contribution in [0.3, 0.4) is 0 Å². The lowest BCUT2D eigenvalue weighted by Crippen LogP contribution is -2.35. The first kappa shape index (κ1) is 20.8. The van der Waals surface area contributed by atoms with E-state index in [1.54, 1.807) is 6.92 Å². The van der Waals surface area contributed by atoms with E-state index in [4.69, 9.17) is 15.0 Å². The third kappa shape index (κ3) is 7.00. The van der Waals surface area contributed by atoms with Crippen molar-refractivity contribution < 1.29 is 23.4 Å². The molecule has 4 atom stereocenters. The molecule has 0 aliphatic carbocycles. The number of hydrogen-bond acceptors (Lipinski definition) is 7. The van der Waals surface area contributed by atoms with Crippen molar-refractivity contribution in [2.45, 2.75) is 50.8 Å². The molecule has 1 heterocycles. The fraction of sp³-hybridized carbons (Fsp3) is 0.556. The number of hydrogen-bond donors (Lipinski definition) is 2. The monoisotopic (exact) mass is 382 g/mol. The van der Waals surface area contributed by atoms with Gasteiger partial charge >= 0.3 is 11.9 Å². The summed E-state index contributed by atoms with van der Waals surface area (Å²) in [6.45, 7) is 2.46. The molecule has 1 aromatic carbocycles. The number of esters is 2. The van der Waals surface area contributed by atoms with Crippen LogP contribution >= 0.6 is 8.03 Å². The summed E-state index contributed by atoms with van der Waals surface area (Å²) in [4.78, 5) is 23.5. The Morgan fingerprint density at radius 3 is 2.73 bits per heavy atom. The van der Waals surface area contributed by atoms with E-state index in [-0.39, 0.29) is 6.04 Å². The van der Waals surface area contributed by atoms with E-state index in [0.29, 0.717) is 12.8 Å². The number of ether oxygens (including phenoxy) is 1. The third-order valence-electron chi connectivity index (χ3n) is 4.38. The zero-order valence-electron chi connectivity index (χ0n) is 15.0. The second-order valence-corrected chi connectivity index (χ2v) is 7.84. The van der Waals surface area contributed by atoms with Crippen molar-refractivity contribution in [2.24, 2.45) is 5.73 Å². The van der Waals surface area contributed by atoms with Crippen LogP contribution in [0.25, 0.3) is 0 Å². The summed E-state index contributed by atoms with van der Waals surface area (Å²) in [6, 6.07) is 9.17. The number of rotatable bonds is 9. The highest BCUT2D eigenvalue weighted by atomic mass is 31.1. The second-order valence-electron chi connectivity index (χ2n) is 6.50. The second kappa shape index (κ2) is 10.6. The Morgan fingerprint density at radius 1 is 1.35 bits per heavy atom. The van der Waals surface area contributed by atoms with Crippen molar-refractivity contribution in [3.63, 3.8) is 0 Å². The van der Waals surface area contributed by atoms with Gasteiger partial charge in [-0.05, 0) is 44.7 Å². The first-order valence-corrected chi connectivity index (χ1v) is 10.4. The van der Waals surface area contributed by atoms with Crippen LogP contribution in [0.2, 0.25) is 0 Å². The molecule has 3 unspecified atom stereocenters. The minimum atomic E-state index is -2.66. The van der Waals surface area contributed by atoms with Crippen LogP contribution < -0.4 is 11.1 Å². The van der Waals surface area contributed by atoms with Gasteiger partial charge in [0.1, 0.15) is 12.2 Å². The molecule has 144 valence electrons. The number of nitrogens with one attached hydrogen (secondary N) is 1. The van der Waals surface area contributed by atoms with Gasteiger partial charge in [-0.25, -0.2) is 4.79 Å². The molecule has 1 aliphatic rings. The van der Waals surface area contributed by atoms with Crippen molar-refractivity contribution in [1.82, 2.24) is 5.32 Å². The quantitative estimate of drug-likeness (QED) is 0.380. The molecule has 1 fully saturated rings. The van der Waals surface area contributed by atoms with Gasteiger partial charge in [-0.3, -0.25) is 9.36 Å². The SMILES string of the molecule is CC(O[PH](=O)CC(=O)OC(=O)[C@@H]1CCCN1)C(N)CCc1ccccc1. The molecule has 7 nitrogen and oxygen atoms in total. The average Bonchev–Trinajstić information content (AvgIpc) is 3.15. The predicted molar refractivity (Wildman–Crippen MR) is 99.3 cm³/mol. The molecule has 2 rings (SSSR count). The third-order valence-corrected chi connectivity index (χ3v) is 5.59. The van der Waals surface area contributed by atoms with Crippen LogP contribution in [-0.4, -0.2) is 42.8 Å². The minimum Gasteiger partial charge on any atom is -0.392 e.